The standard InChI is InChI=1S/C16H21N3O2/c1-10-8-11(6-7-17-10)18-16(21)13-9-15(20)19-14-5-3-2-4-12(13)14/h2-5,10-11,13,17H,6-9H2,1H3,(H,18,21)(H,19,20). The van der Waals surface area contributed by atoms with Crippen LogP contribution < -0.4 is 16.0 Å². The minimum atomic E-state index is -0.375. The molecule has 0 aromatic heterocycles. The summed E-state index contributed by atoms with van der Waals surface area (Å²) in [5.74, 6) is -0.496. The van der Waals surface area contributed by atoms with Gasteiger partial charge in [0, 0.05) is 24.2 Å². The first-order valence-corrected chi connectivity index (χ1v) is 7.56. The van der Waals surface area contributed by atoms with Crippen LogP contribution in [0.25, 0.3) is 0 Å². The zero-order valence-corrected chi connectivity index (χ0v) is 12.2. The topological polar surface area (TPSA) is 70.2 Å². The third-order valence-electron chi connectivity index (χ3n) is 4.29. The number of piperidine rings is 1. The van der Waals surface area contributed by atoms with Crippen molar-refractivity contribution in [1.82, 2.24) is 10.6 Å². The molecule has 2 aliphatic rings. The molecular formula is C16H21N3O2. The Morgan fingerprint density at radius 2 is 2.14 bits per heavy atom. The van der Waals surface area contributed by atoms with Gasteiger partial charge in [0.05, 0.1) is 5.92 Å². The summed E-state index contributed by atoms with van der Waals surface area (Å²) in [7, 11) is 0. The van der Waals surface area contributed by atoms with Crippen LogP contribution >= 0.6 is 0 Å². The van der Waals surface area contributed by atoms with E-state index in [1.807, 2.05) is 24.3 Å². The summed E-state index contributed by atoms with van der Waals surface area (Å²) in [4.78, 5) is 24.4. The second kappa shape index (κ2) is 5.85. The maximum atomic E-state index is 12.6. The molecule has 0 radical (unpaired) electrons. The molecule has 3 N–H and O–H groups in total. The fourth-order valence-electron chi connectivity index (χ4n) is 3.21. The highest BCUT2D eigenvalue weighted by atomic mass is 16.2. The zero-order valence-electron chi connectivity index (χ0n) is 12.2. The maximum absolute atomic E-state index is 12.6. The maximum Gasteiger partial charge on any atom is 0.228 e. The molecule has 3 rings (SSSR count). The van der Waals surface area contributed by atoms with Gasteiger partial charge in [-0.2, -0.15) is 0 Å². The van der Waals surface area contributed by atoms with Gasteiger partial charge < -0.3 is 16.0 Å². The van der Waals surface area contributed by atoms with Gasteiger partial charge in [0.15, 0.2) is 0 Å². The van der Waals surface area contributed by atoms with Crippen LogP contribution in [-0.2, 0) is 9.59 Å². The number of carbonyl (C=O) groups excluding carboxylic acids is 2. The molecule has 2 heterocycles. The van der Waals surface area contributed by atoms with E-state index < -0.39 is 0 Å². The number of rotatable bonds is 2. The quantitative estimate of drug-likeness (QED) is 0.769. The third kappa shape index (κ3) is 3.08. The first kappa shape index (κ1) is 14.1. The molecule has 1 aromatic rings. The number of hydrogen-bond acceptors (Lipinski definition) is 3. The summed E-state index contributed by atoms with van der Waals surface area (Å²) in [5.41, 5.74) is 1.67. The van der Waals surface area contributed by atoms with E-state index >= 15 is 0 Å². The fraction of sp³-hybridized carbons (Fsp3) is 0.500. The Hall–Kier alpha value is -1.88. The second-order valence-electron chi connectivity index (χ2n) is 5.98. The van der Waals surface area contributed by atoms with Crippen molar-refractivity contribution in [2.24, 2.45) is 0 Å². The summed E-state index contributed by atoms with van der Waals surface area (Å²) < 4.78 is 0. The van der Waals surface area contributed by atoms with Crippen molar-refractivity contribution in [3.05, 3.63) is 29.8 Å². The molecule has 112 valence electrons. The normalized spacial score (nSPS) is 28.4. The Bertz CT molecular complexity index is 558. The highest BCUT2D eigenvalue weighted by Crippen LogP contribution is 2.32. The largest absolute Gasteiger partial charge is 0.353 e. The highest BCUT2D eigenvalue weighted by molar-refractivity contribution is 6.01. The van der Waals surface area contributed by atoms with Crippen LogP contribution in [0.1, 0.15) is 37.7 Å². The molecule has 2 amide bonds. The van der Waals surface area contributed by atoms with Gasteiger partial charge in [-0.1, -0.05) is 18.2 Å². The molecule has 21 heavy (non-hydrogen) atoms. The van der Waals surface area contributed by atoms with Crippen LogP contribution in [0.5, 0.6) is 0 Å². The summed E-state index contributed by atoms with van der Waals surface area (Å²) in [5, 5.41) is 9.32. The zero-order chi connectivity index (χ0) is 14.8. The predicted molar refractivity (Wildman–Crippen MR) is 81.1 cm³/mol. The number of amides is 2. The van der Waals surface area contributed by atoms with Gasteiger partial charge in [-0.25, -0.2) is 0 Å². The lowest BCUT2D eigenvalue weighted by atomic mass is 9.89. The third-order valence-corrected chi connectivity index (χ3v) is 4.29. The lowest BCUT2D eigenvalue weighted by Gasteiger charge is -2.31. The molecule has 5 heteroatoms. The average molecular weight is 287 g/mol. The number of hydrogen-bond donors (Lipinski definition) is 3. The second-order valence-corrected chi connectivity index (χ2v) is 5.98. The van der Waals surface area contributed by atoms with Crippen LogP contribution in [-0.4, -0.2) is 30.4 Å². The monoisotopic (exact) mass is 287 g/mol. The van der Waals surface area contributed by atoms with E-state index in [9.17, 15) is 9.59 Å². The molecule has 0 saturated carbocycles. The van der Waals surface area contributed by atoms with Crippen molar-refractivity contribution < 1.29 is 9.59 Å². The Kier molecular flexibility index (Phi) is 3.92. The fourth-order valence-corrected chi connectivity index (χ4v) is 3.21. The molecule has 2 aliphatic heterocycles. The van der Waals surface area contributed by atoms with Gasteiger partial charge in [-0.3, -0.25) is 9.59 Å². The SMILES string of the molecule is CC1CC(NC(=O)C2CC(=O)Nc3ccccc32)CCN1. The lowest BCUT2D eigenvalue weighted by Crippen LogP contribution is -2.48. The van der Waals surface area contributed by atoms with Gasteiger partial charge in [-0.05, 0) is 37.9 Å². The Labute approximate surface area is 124 Å². The molecule has 0 aliphatic carbocycles. The van der Waals surface area contributed by atoms with E-state index in [2.05, 4.69) is 22.9 Å². The van der Waals surface area contributed by atoms with Gasteiger partial charge >= 0.3 is 0 Å². The van der Waals surface area contributed by atoms with Gasteiger partial charge in [-0.15, -0.1) is 0 Å². The first-order chi connectivity index (χ1) is 10.1. The van der Waals surface area contributed by atoms with Crippen molar-refractivity contribution in [3.63, 3.8) is 0 Å². The van der Waals surface area contributed by atoms with E-state index in [-0.39, 0.29) is 30.2 Å². The van der Waals surface area contributed by atoms with E-state index in [0.717, 1.165) is 30.6 Å². The first-order valence-electron chi connectivity index (χ1n) is 7.56. The summed E-state index contributed by atoms with van der Waals surface area (Å²) in [6.45, 7) is 3.05. The number of anilines is 1. The van der Waals surface area contributed by atoms with E-state index in [0.29, 0.717) is 6.04 Å². The van der Waals surface area contributed by atoms with Gasteiger partial charge in [0.2, 0.25) is 11.8 Å². The number of nitrogens with one attached hydrogen (secondary N) is 3. The van der Waals surface area contributed by atoms with Crippen LogP contribution in [0.15, 0.2) is 24.3 Å². The molecule has 0 bridgehead atoms. The van der Waals surface area contributed by atoms with E-state index in [4.69, 9.17) is 0 Å². The summed E-state index contributed by atoms with van der Waals surface area (Å²) >= 11 is 0. The van der Waals surface area contributed by atoms with Crippen LogP contribution in [0, 0.1) is 0 Å². The van der Waals surface area contributed by atoms with E-state index in [1.165, 1.54) is 0 Å². The van der Waals surface area contributed by atoms with E-state index in [1.54, 1.807) is 0 Å². The molecule has 3 unspecified atom stereocenters. The number of carbonyl (C=O) groups is 2. The molecule has 3 atom stereocenters. The van der Waals surface area contributed by atoms with Crippen molar-refractivity contribution in [2.75, 3.05) is 11.9 Å². The minimum absolute atomic E-state index is 0.0311. The molecule has 0 spiro atoms. The average Bonchev–Trinajstić information content (AvgIpc) is 2.46. The van der Waals surface area contributed by atoms with Crippen LogP contribution in [0.2, 0.25) is 0 Å². The smallest absolute Gasteiger partial charge is 0.228 e. The highest BCUT2D eigenvalue weighted by Gasteiger charge is 2.32. The molecule has 1 aromatic carbocycles. The molecular weight excluding hydrogens is 266 g/mol. The lowest BCUT2D eigenvalue weighted by molar-refractivity contribution is -0.127. The number of para-hydroxylation sites is 1. The predicted octanol–water partition coefficient (Wildman–Crippen LogP) is 1.37. The van der Waals surface area contributed by atoms with Crippen molar-refractivity contribution >= 4 is 17.5 Å². The van der Waals surface area contributed by atoms with Gasteiger partial charge in [0.1, 0.15) is 0 Å². The number of benzene rings is 1. The Morgan fingerprint density at radius 3 is 2.95 bits per heavy atom. The number of fused-ring (bicyclic) bond motifs is 1. The summed E-state index contributed by atoms with van der Waals surface area (Å²) in [6, 6.07) is 8.16. The van der Waals surface area contributed by atoms with Crippen LogP contribution in [0.4, 0.5) is 5.69 Å². The molecule has 1 fully saturated rings. The summed E-state index contributed by atoms with van der Waals surface area (Å²) in [6.07, 6.45) is 2.10. The van der Waals surface area contributed by atoms with Crippen LogP contribution in [0.3, 0.4) is 0 Å². The van der Waals surface area contributed by atoms with Crippen molar-refractivity contribution in [1.29, 1.82) is 0 Å². The van der Waals surface area contributed by atoms with Crippen molar-refractivity contribution in [2.45, 2.75) is 44.2 Å². The van der Waals surface area contributed by atoms with Gasteiger partial charge in [0.25, 0.3) is 0 Å². The Morgan fingerprint density at radius 1 is 1.33 bits per heavy atom. The molecule has 1 saturated heterocycles. The minimum Gasteiger partial charge on any atom is -0.353 e. The molecule has 5 nitrogen and oxygen atoms in total. The Balaban J connectivity index is 1.74. The van der Waals surface area contributed by atoms with Crippen molar-refractivity contribution in [3.8, 4) is 0 Å².